The van der Waals surface area contributed by atoms with Gasteiger partial charge in [0.15, 0.2) is 0 Å². The topological polar surface area (TPSA) is 57.7 Å². The lowest BCUT2D eigenvalue weighted by atomic mass is 10.1. The molecule has 5 nitrogen and oxygen atoms in total. The molecule has 0 aromatic heterocycles. The van der Waals surface area contributed by atoms with E-state index in [2.05, 4.69) is 0 Å². The molecule has 0 aliphatic rings. The standard InChI is InChI=1S/C15H24N2O3S/c1-6-16(7-2)15(18)11-17(21(5,19)20)14-9-12(3)8-13(4)10-14/h8-10H,6-7,11H2,1-5H3. The molecule has 0 aliphatic carbocycles. The van der Waals surface area contributed by atoms with Gasteiger partial charge in [-0.05, 0) is 51.0 Å². The van der Waals surface area contributed by atoms with Gasteiger partial charge in [0.05, 0.1) is 11.9 Å². The number of likely N-dealkylation sites (N-methyl/N-ethyl adjacent to an activating group) is 1. The third-order valence-corrected chi connectivity index (χ3v) is 4.43. The Bertz CT molecular complexity index is 587. The van der Waals surface area contributed by atoms with Crippen LogP contribution in [0.3, 0.4) is 0 Å². The minimum absolute atomic E-state index is 0.163. The number of anilines is 1. The van der Waals surface area contributed by atoms with Crippen molar-refractivity contribution < 1.29 is 13.2 Å². The van der Waals surface area contributed by atoms with E-state index in [1.807, 2.05) is 33.8 Å². The first-order chi connectivity index (χ1) is 9.68. The van der Waals surface area contributed by atoms with Crippen LogP contribution in [0.5, 0.6) is 0 Å². The molecule has 0 spiro atoms. The highest BCUT2D eigenvalue weighted by Crippen LogP contribution is 2.21. The van der Waals surface area contributed by atoms with E-state index in [1.165, 1.54) is 4.31 Å². The van der Waals surface area contributed by atoms with Crippen molar-refractivity contribution in [1.29, 1.82) is 0 Å². The number of hydrogen-bond acceptors (Lipinski definition) is 3. The molecule has 0 saturated carbocycles. The van der Waals surface area contributed by atoms with Crippen LogP contribution in [-0.4, -0.2) is 45.1 Å². The number of amides is 1. The molecule has 0 bridgehead atoms. The summed E-state index contributed by atoms with van der Waals surface area (Å²) in [5, 5.41) is 0. The lowest BCUT2D eigenvalue weighted by Gasteiger charge is -2.26. The Labute approximate surface area is 127 Å². The van der Waals surface area contributed by atoms with Crippen LogP contribution in [0.25, 0.3) is 0 Å². The Kier molecular flexibility index (Phi) is 5.78. The molecule has 6 heteroatoms. The highest BCUT2D eigenvalue weighted by Gasteiger charge is 2.23. The van der Waals surface area contributed by atoms with E-state index in [9.17, 15) is 13.2 Å². The van der Waals surface area contributed by atoms with Gasteiger partial charge in [-0.2, -0.15) is 0 Å². The van der Waals surface area contributed by atoms with Gasteiger partial charge in [-0.25, -0.2) is 8.42 Å². The van der Waals surface area contributed by atoms with Gasteiger partial charge in [-0.3, -0.25) is 9.10 Å². The molecular weight excluding hydrogens is 288 g/mol. The second-order valence-electron chi connectivity index (χ2n) is 5.18. The van der Waals surface area contributed by atoms with Crippen molar-refractivity contribution in [3.05, 3.63) is 29.3 Å². The Morgan fingerprint density at radius 3 is 1.90 bits per heavy atom. The summed E-state index contributed by atoms with van der Waals surface area (Å²) in [6.45, 7) is 8.54. The van der Waals surface area contributed by atoms with Gasteiger partial charge in [-0.1, -0.05) is 6.07 Å². The smallest absolute Gasteiger partial charge is 0.243 e. The number of hydrogen-bond donors (Lipinski definition) is 0. The molecule has 1 aromatic rings. The molecule has 21 heavy (non-hydrogen) atoms. The fourth-order valence-corrected chi connectivity index (χ4v) is 3.13. The number of benzene rings is 1. The van der Waals surface area contributed by atoms with Crippen LogP contribution in [0.2, 0.25) is 0 Å². The monoisotopic (exact) mass is 312 g/mol. The van der Waals surface area contributed by atoms with E-state index >= 15 is 0 Å². The van der Waals surface area contributed by atoms with Gasteiger partial charge < -0.3 is 4.90 Å². The first-order valence-corrected chi connectivity index (χ1v) is 8.87. The molecule has 0 saturated heterocycles. The van der Waals surface area contributed by atoms with E-state index < -0.39 is 10.0 Å². The Morgan fingerprint density at radius 2 is 1.52 bits per heavy atom. The quantitative estimate of drug-likeness (QED) is 0.806. The molecule has 0 fully saturated rings. The SMILES string of the molecule is CCN(CC)C(=O)CN(c1cc(C)cc(C)c1)S(C)(=O)=O. The molecule has 0 heterocycles. The second kappa shape index (κ2) is 6.93. The van der Waals surface area contributed by atoms with Crippen LogP contribution < -0.4 is 4.31 Å². The molecule has 0 atom stereocenters. The molecule has 1 aromatic carbocycles. The van der Waals surface area contributed by atoms with Crippen molar-refractivity contribution in [2.45, 2.75) is 27.7 Å². The summed E-state index contributed by atoms with van der Waals surface area (Å²) in [5.74, 6) is -0.190. The van der Waals surface area contributed by atoms with Gasteiger partial charge in [0.25, 0.3) is 0 Å². The van der Waals surface area contributed by atoms with E-state index in [0.717, 1.165) is 17.4 Å². The van der Waals surface area contributed by atoms with Crippen LogP contribution in [0.1, 0.15) is 25.0 Å². The van der Waals surface area contributed by atoms with Crippen molar-refractivity contribution in [3.8, 4) is 0 Å². The van der Waals surface area contributed by atoms with E-state index in [4.69, 9.17) is 0 Å². The lowest BCUT2D eigenvalue weighted by Crippen LogP contribution is -2.42. The Morgan fingerprint density at radius 1 is 1.05 bits per heavy atom. The lowest BCUT2D eigenvalue weighted by molar-refractivity contribution is -0.129. The average Bonchev–Trinajstić information content (AvgIpc) is 2.34. The van der Waals surface area contributed by atoms with Crippen LogP contribution in [0.15, 0.2) is 18.2 Å². The zero-order valence-corrected chi connectivity index (χ0v) is 14.2. The van der Waals surface area contributed by atoms with Gasteiger partial charge in [0, 0.05) is 13.1 Å². The zero-order chi connectivity index (χ0) is 16.2. The number of sulfonamides is 1. The van der Waals surface area contributed by atoms with Gasteiger partial charge in [-0.15, -0.1) is 0 Å². The first kappa shape index (κ1) is 17.5. The maximum atomic E-state index is 12.2. The van der Waals surface area contributed by atoms with Crippen LogP contribution in [0, 0.1) is 13.8 Å². The maximum Gasteiger partial charge on any atom is 0.243 e. The summed E-state index contributed by atoms with van der Waals surface area (Å²) in [5.41, 5.74) is 2.47. The molecule has 0 aliphatic heterocycles. The molecule has 1 amide bonds. The van der Waals surface area contributed by atoms with Crippen molar-refractivity contribution in [3.63, 3.8) is 0 Å². The van der Waals surface area contributed by atoms with Gasteiger partial charge >= 0.3 is 0 Å². The highest BCUT2D eigenvalue weighted by atomic mass is 32.2. The van der Waals surface area contributed by atoms with Crippen molar-refractivity contribution >= 4 is 21.6 Å². The molecule has 118 valence electrons. The average molecular weight is 312 g/mol. The van der Waals surface area contributed by atoms with E-state index in [0.29, 0.717) is 18.8 Å². The predicted molar refractivity (Wildman–Crippen MR) is 86.0 cm³/mol. The Hall–Kier alpha value is -1.56. The zero-order valence-electron chi connectivity index (χ0n) is 13.4. The third kappa shape index (κ3) is 4.74. The number of rotatable bonds is 6. The van der Waals surface area contributed by atoms with Crippen molar-refractivity contribution in [2.24, 2.45) is 0 Å². The Balaban J connectivity index is 3.16. The summed E-state index contributed by atoms with van der Waals surface area (Å²) in [4.78, 5) is 13.9. The largest absolute Gasteiger partial charge is 0.342 e. The normalized spacial score (nSPS) is 11.3. The molecule has 0 N–H and O–H groups in total. The molecule has 0 unspecified atom stereocenters. The summed E-state index contributed by atoms with van der Waals surface area (Å²) in [6, 6.07) is 5.53. The fraction of sp³-hybridized carbons (Fsp3) is 0.533. The molecular formula is C15H24N2O3S. The number of aryl methyl sites for hydroxylation is 2. The maximum absolute atomic E-state index is 12.2. The molecule has 1 rings (SSSR count). The van der Waals surface area contributed by atoms with Crippen LogP contribution in [0.4, 0.5) is 5.69 Å². The third-order valence-electron chi connectivity index (χ3n) is 3.29. The summed E-state index contributed by atoms with van der Waals surface area (Å²) in [7, 11) is -3.51. The van der Waals surface area contributed by atoms with E-state index in [1.54, 1.807) is 17.0 Å². The van der Waals surface area contributed by atoms with Crippen LogP contribution >= 0.6 is 0 Å². The summed E-state index contributed by atoms with van der Waals surface area (Å²) < 4.78 is 25.3. The van der Waals surface area contributed by atoms with E-state index in [-0.39, 0.29) is 12.5 Å². The van der Waals surface area contributed by atoms with Crippen molar-refractivity contribution in [2.75, 3.05) is 30.2 Å². The molecule has 0 radical (unpaired) electrons. The summed E-state index contributed by atoms with van der Waals surface area (Å²) >= 11 is 0. The van der Waals surface area contributed by atoms with Crippen molar-refractivity contribution in [1.82, 2.24) is 4.90 Å². The minimum Gasteiger partial charge on any atom is -0.342 e. The fourth-order valence-electron chi connectivity index (χ4n) is 2.29. The number of nitrogens with zero attached hydrogens (tertiary/aromatic N) is 2. The van der Waals surface area contributed by atoms with Gasteiger partial charge in [0.2, 0.25) is 15.9 Å². The highest BCUT2D eigenvalue weighted by molar-refractivity contribution is 7.92. The first-order valence-electron chi connectivity index (χ1n) is 7.02. The second-order valence-corrected chi connectivity index (χ2v) is 7.09. The predicted octanol–water partition coefficient (Wildman–Crippen LogP) is 1.94. The van der Waals surface area contributed by atoms with Crippen LogP contribution in [-0.2, 0) is 14.8 Å². The van der Waals surface area contributed by atoms with Gasteiger partial charge in [0.1, 0.15) is 6.54 Å². The minimum atomic E-state index is -3.51. The number of carbonyl (C=O) groups is 1. The summed E-state index contributed by atoms with van der Waals surface area (Å²) in [6.07, 6.45) is 1.13. The number of carbonyl (C=O) groups excluding carboxylic acids is 1.